The molecule has 0 saturated heterocycles. The van der Waals surface area contributed by atoms with E-state index in [2.05, 4.69) is 19.0 Å². The molecule has 0 atom stereocenters. The molecule has 1 rings (SSSR count). The average molecular weight is 197 g/mol. The van der Waals surface area contributed by atoms with Gasteiger partial charge in [-0.2, -0.15) is 0 Å². The van der Waals surface area contributed by atoms with Crippen LogP contribution in [0.1, 0.15) is 37.0 Å². The molecule has 0 aliphatic heterocycles. The van der Waals surface area contributed by atoms with Crippen molar-refractivity contribution in [3.8, 4) is 0 Å². The highest BCUT2D eigenvalue weighted by molar-refractivity contribution is 5.87. The molecular formula is C10H15NO3. The zero-order valence-electron chi connectivity index (χ0n) is 8.74. The number of rotatable bonds is 4. The highest BCUT2D eigenvalue weighted by Crippen LogP contribution is 2.10. The van der Waals surface area contributed by atoms with Crippen molar-refractivity contribution in [1.29, 1.82) is 0 Å². The number of esters is 1. The second-order valence-electron chi connectivity index (χ2n) is 3.50. The van der Waals surface area contributed by atoms with E-state index in [0.29, 0.717) is 12.5 Å². The molecule has 0 aromatic carbocycles. The van der Waals surface area contributed by atoms with Crippen molar-refractivity contribution in [2.75, 3.05) is 6.61 Å². The molecule has 0 aliphatic carbocycles. The SMILES string of the molecule is CCOC(=O)c1cc(CC(C)C)on1. The lowest BCUT2D eigenvalue weighted by Gasteiger charge is -1.97. The van der Waals surface area contributed by atoms with Crippen molar-refractivity contribution in [3.05, 3.63) is 17.5 Å². The minimum atomic E-state index is -0.425. The Bertz CT molecular complexity index is 304. The molecular weight excluding hydrogens is 182 g/mol. The van der Waals surface area contributed by atoms with Crippen LogP contribution >= 0.6 is 0 Å². The number of carbonyl (C=O) groups excluding carboxylic acids is 1. The summed E-state index contributed by atoms with van der Waals surface area (Å²) >= 11 is 0. The molecule has 0 fully saturated rings. The first-order valence-corrected chi connectivity index (χ1v) is 4.76. The summed E-state index contributed by atoms with van der Waals surface area (Å²) in [6.07, 6.45) is 0.784. The molecule has 0 radical (unpaired) electrons. The van der Waals surface area contributed by atoms with E-state index in [0.717, 1.165) is 12.2 Å². The van der Waals surface area contributed by atoms with Gasteiger partial charge in [0.05, 0.1) is 6.61 Å². The van der Waals surface area contributed by atoms with Gasteiger partial charge in [-0.3, -0.25) is 0 Å². The average Bonchev–Trinajstić information content (AvgIpc) is 2.52. The van der Waals surface area contributed by atoms with E-state index in [1.54, 1.807) is 13.0 Å². The van der Waals surface area contributed by atoms with Gasteiger partial charge < -0.3 is 9.26 Å². The minimum Gasteiger partial charge on any atom is -0.461 e. The lowest BCUT2D eigenvalue weighted by molar-refractivity contribution is 0.0514. The van der Waals surface area contributed by atoms with Crippen LogP contribution in [-0.2, 0) is 11.2 Å². The fraction of sp³-hybridized carbons (Fsp3) is 0.600. The van der Waals surface area contributed by atoms with Crippen LogP contribution in [0.5, 0.6) is 0 Å². The molecule has 4 nitrogen and oxygen atoms in total. The van der Waals surface area contributed by atoms with Crippen LogP contribution < -0.4 is 0 Å². The smallest absolute Gasteiger partial charge is 0.360 e. The van der Waals surface area contributed by atoms with Crippen LogP contribution in [0.2, 0.25) is 0 Å². The van der Waals surface area contributed by atoms with Gasteiger partial charge in [0.15, 0.2) is 5.69 Å². The quantitative estimate of drug-likeness (QED) is 0.693. The molecule has 0 unspecified atom stereocenters. The topological polar surface area (TPSA) is 52.3 Å². The molecule has 0 amide bonds. The van der Waals surface area contributed by atoms with Crippen LogP contribution in [-0.4, -0.2) is 17.7 Å². The molecule has 78 valence electrons. The van der Waals surface area contributed by atoms with Crippen LogP contribution in [0.25, 0.3) is 0 Å². The first-order valence-electron chi connectivity index (χ1n) is 4.76. The van der Waals surface area contributed by atoms with Crippen LogP contribution in [0.3, 0.4) is 0 Å². The van der Waals surface area contributed by atoms with E-state index in [4.69, 9.17) is 9.26 Å². The first-order chi connectivity index (χ1) is 6.63. The second-order valence-corrected chi connectivity index (χ2v) is 3.50. The molecule has 4 heteroatoms. The molecule has 0 N–H and O–H groups in total. The Morgan fingerprint density at radius 1 is 1.64 bits per heavy atom. The van der Waals surface area contributed by atoms with Gasteiger partial charge in [-0.25, -0.2) is 4.79 Å². The van der Waals surface area contributed by atoms with Gasteiger partial charge in [-0.05, 0) is 12.8 Å². The summed E-state index contributed by atoms with van der Waals surface area (Å²) in [5.41, 5.74) is 0.252. The van der Waals surface area contributed by atoms with Crippen LogP contribution in [0.15, 0.2) is 10.6 Å². The number of hydrogen-bond acceptors (Lipinski definition) is 4. The summed E-state index contributed by atoms with van der Waals surface area (Å²) in [4.78, 5) is 11.2. The number of aromatic nitrogens is 1. The zero-order valence-corrected chi connectivity index (χ0v) is 8.74. The Morgan fingerprint density at radius 3 is 2.93 bits per heavy atom. The van der Waals surface area contributed by atoms with Crippen molar-refractivity contribution in [1.82, 2.24) is 5.16 Å². The van der Waals surface area contributed by atoms with Gasteiger partial charge in [-0.1, -0.05) is 19.0 Å². The second kappa shape index (κ2) is 4.79. The van der Waals surface area contributed by atoms with Gasteiger partial charge in [0.1, 0.15) is 5.76 Å². The number of hydrogen-bond donors (Lipinski definition) is 0. The predicted molar refractivity (Wildman–Crippen MR) is 51.0 cm³/mol. The normalized spacial score (nSPS) is 10.6. The minimum absolute atomic E-state index is 0.252. The van der Waals surface area contributed by atoms with Gasteiger partial charge in [-0.15, -0.1) is 0 Å². The van der Waals surface area contributed by atoms with Crippen molar-refractivity contribution < 1.29 is 14.1 Å². The maximum atomic E-state index is 11.2. The molecule has 14 heavy (non-hydrogen) atoms. The third-order valence-corrected chi connectivity index (χ3v) is 1.65. The standard InChI is InChI=1S/C10H15NO3/c1-4-13-10(12)9-6-8(14-11-9)5-7(2)3/h6-7H,4-5H2,1-3H3. The summed E-state index contributed by atoms with van der Waals surface area (Å²) < 4.78 is 9.78. The molecule has 1 heterocycles. The largest absolute Gasteiger partial charge is 0.461 e. The maximum Gasteiger partial charge on any atom is 0.360 e. The summed E-state index contributed by atoms with van der Waals surface area (Å²) in [5, 5.41) is 3.64. The van der Waals surface area contributed by atoms with E-state index >= 15 is 0 Å². The lowest BCUT2D eigenvalue weighted by atomic mass is 10.1. The fourth-order valence-electron chi connectivity index (χ4n) is 1.11. The molecule has 0 bridgehead atoms. The van der Waals surface area contributed by atoms with Gasteiger partial charge in [0, 0.05) is 12.5 Å². The zero-order chi connectivity index (χ0) is 10.6. The van der Waals surface area contributed by atoms with Crippen molar-refractivity contribution in [3.63, 3.8) is 0 Å². The number of carbonyl (C=O) groups is 1. The molecule has 0 aliphatic rings. The van der Waals surface area contributed by atoms with E-state index in [-0.39, 0.29) is 5.69 Å². The monoisotopic (exact) mass is 197 g/mol. The number of ether oxygens (including phenoxy) is 1. The third-order valence-electron chi connectivity index (χ3n) is 1.65. The Balaban J connectivity index is 2.63. The Hall–Kier alpha value is -1.32. The van der Waals surface area contributed by atoms with E-state index < -0.39 is 5.97 Å². The highest BCUT2D eigenvalue weighted by Gasteiger charge is 2.13. The predicted octanol–water partition coefficient (Wildman–Crippen LogP) is 2.05. The molecule has 1 aromatic heterocycles. The summed E-state index contributed by atoms with van der Waals surface area (Å²) in [5.74, 6) is 0.785. The molecule has 0 saturated carbocycles. The van der Waals surface area contributed by atoms with Crippen molar-refractivity contribution >= 4 is 5.97 Å². The van der Waals surface area contributed by atoms with Crippen molar-refractivity contribution in [2.45, 2.75) is 27.2 Å². The fourth-order valence-corrected chi connectivity index (χ4v) is 1.11. The van der Waals surface area contributed by atoms with Gasteiger partial charge in [0.25, 0.3) is 0 Å². The van der Waals surface area contributed by atoms with E-state index in [1.165, 1.54) is 0 Å². The lowest BCUT2D eigenvalue weighted by Crippen LogP contribution is -2.04. The van der Waals surface area contributed by atoms with E-state index in [1.807, 2.05) is 0 Å². The molecule has 1 aromatic rings. The Morgan fingerprint density at radius 2 is 2.36 bits per heavy atom. The summed E-state index contributed by atoms with van der Waals surface area (Å²) in [7, 11) is 0. The third kappa shape index (κ3) is 2.87. The Labute approximate surface area is 83.2 Å². The summed E-state index contributed by atoms with van der Waals surface area (Å²) in [6.45, 7) is 6.26. The maximum absolute atomic E-state index is 11.2. The first kappa shape index (κ1) is 10.8. The van der Waals surface area contributed by atoms with Crippen LogP contribution in [0.4, 0.5) is 0 Å². The number of nitrogens with zero attached hydrogens (tertiary/aromatic N) is 1. The summed E-state index contributed by atoms with van der Waals surface area (Å²) in [6, 6.07) is 1.64. The molecule has 0 spiro atoms. The Kier molecular flexibility index (Phi) is 3.68. The van der Waals surface area contributed by atoms with Crippen LogP contribution in [0, 0.1) is 5.92 Å². The van der Waals surface area contributed by atoms with E-state index in [9.17, 15) is 4.79 Å². The van der Waals surface area contributed by atoms with Crippen molar-refractivity contribution in [2.24, 2.45) is 5.92 Å². The highest BCUT2D eigenvalue weighted by atomic mass is 16.5. The van der Waals surface area contributed by atoms with Gasteiger partial charge >= 0.3 is 5.97 Å². The van der Waals surface area contributed by atoms with Gasteiger partial charge in [0.2, 0.25) is 0 Å².